The standard InChI is InChI=1S/C18H19N5/c1-2-23-11-8-14-13(12-23)4-3-5-15(14)21-17-7-6-16-18(22-17)20-10-9-19-16/h3-7,9-10H,2,8,11-12H2,1H3,(H,20,21,22). The van der Waals surface area contributed by atoms with E-state index in [1.807, 2.05) is 12.1 Å². The van der Waals surface area contributed by atoms with Gasteiger partial charge in [0.2, 0.25) is 0 Å². The number of pyridine rings is 1. The number of benzene rings is 1. The first-order chi connectivity index (χ1) is 11.3. The molecule has 5 nitrogen and oxygen atoms in total. The Hall–Kier alpha value is -2.53. The normalized spacial score (nSPS) is 14.7. The monoisotopic (exact) mass is 305 g/mol. The average molecular weight is 305 g/mol. The molecule has 0 atom stereocenters. The summed E-state index contributed by atoms with van der Waals surface area (Å²) in [5, 5.41) is 3.46. The lowest BCUT2D eigenvalue weighted by Gasteiger charge is -2.29. The molecule has 0 aliphatic carbocycles. The van der Waals surface area contributed by atoms with Gasteiger partial charge in [-0.1, -0.05) is 19.1 Å². The van der Waals surface area contributed by atoms with Gasteiger partial charge in [-0.2, -0.15) is 0 Å². The lowest BCUT2D eigenvalue weighted by Crippen LogP contribution is -2.30. The molecule has 23 heavy (non-hydrogen) atoms. The van der Waals surface area contributed by atoms with Gasteiger partial charge in [0.15, 0.2) is 5.65 Å². The van der Waals surface area contributed by atoms with Crippen LogP contribution in [0.25, 0.3) is 11.2 Å². The maximum absolute atomic E-state index is 4.56. The maximum Gasteiger partial charge on any atom is 0.180 e. The summed E-state index contributed by atoms with van der Waals surface area (Å²) in [5.74, 6) is 0.810. The second-order valence-electron chi connectivity index (χ2n) is 5.78. The van der Waals surface area contributed by atoms with E-state index in [1.54, 1.807) is 12.4 Å². The zero-order valence-corrected chi connectivity index (χ0v) is 13.2. The van der Waals surface area contributed by atoms with Gasteiger partial charge in [0.1, 0.15) is 11.3 Å². The van der Waals surface area contributed by atoms with Crippen molar-refractivity contribution in [2.75, 3.05) is 18.4 Å². The van der Waals surface area contributed by atoms with Crippen LogP contribution < -0.4 is 5.32 Å². The van der Waals surface area contributed by atoms with Crippen LogP contribution in [0.3, 0.4) is 0 Å². The highest BCUT2D eigenvalue weighted by Gasteiger charge is 2.17. The molecule has 1 aromatic carbocycles. The molecule has 3 aromatic rings. The molecule has 0 bridgehead atoms. The first-order valence-electron chi connectivity index (χ1n) is 8.01. The zero-order valence-electron chi connectivity index (χ0n) is 13.2. The number of fused-ring (bicyclic) bond motifs is 2. The molecule has 1 N–H and O–H groups in total. The summed E-state index contributed by atoms with van der Waals surface area (Å²) >= 11 is 0. The fourth-order valence-corrected chi connectivity index (χ4v) is 3.12. The Bertz CT molecular complexity index is 846. The van der Waals surface area contributed by atoms with Crippen LogP contribution >= 0.6 is 0 Å². The molecule has 0 saturated carbocycles. The fraction of sp³-hybridized carbons (Fsp3) is 0.278. The van der Waals surface area contributed by atoms with Crippen LogP contribution in [-0.4, -0.2) is 32.9 Å². The Labute approximate surface area is 135 Å². The number of nitrogens with one attached hydrogen (secondary N) is 1. The van der Waals surface area contributed by atoms with Crippen molar-refractivity contribution in [3.05, 3.63) is 53.9 Å². The van der Waals surface area contributed by atoms with Gasteiger partial charge in [-0.25, -0.2) is 9.97 Å². The summed E-state index contributed by atoms with van der Waals surface area (Å²) in [6.45, 7) is 5.45. The van der Waals surface area contributed by atoms with E-state index in [2.05, 4.69) is 50.3 Å². The minimum absolute atomic E-state index is 0.666. The number of hydrogen-bond donors (Lipinski definition) is 1. The van der Waals surface area contributed by atoms with Gasteiger partial charge in [0.25, 0.3) is 0 Å². The van der Waals surface area contributed by atoms with Crippen molar-refractivity contribution in [3.63, 3.8) is 0 Å². The average Bonchev–Trinajstić information content (AvgIpc) is 2.61. The number of likely N-dealkylation sites (N-methyl/N-ethyl adjacent to an activating group) is 1. The maximum atomic E-state index is 4.56. The van der Waals surface area contributed by atoms with Crippen molar-refractivity contribution >= 4 is 22.7 Å². The van der Waals surface area contributed by atoms with E-state index in [0.29, 0.717) is 5.65 Å². The van der Waals surface area contributed by atoms with Crippen molar-refractivity contribution in [1.29, 1.82) is 0 Å². The third-order valence-electron chi connectivity index (χ3n) is 4.39. The molecule has 0 saturated heterocycles. The minimum Gasteiger partial charge on any atom is -0.340 e. The highest BCUT2D eigenvalue weighted by molar-refractivity contribution is 5.73. The van der Waals surface area contributed by atoms with Crippen LogP contribution in [-0.2, 0) is 13.0 Å². The van der Waals surface area contributed by atoms with E-state index in [9.17, 15) is 0 Å². The predicted molar refractivity (Wildman–Crippen MR) is 91.7 cm³/mol. The van der Waals surface area contributed by atoms with Crippen molar-refractivity contribution in [2.24, 2.45) is 0 Å². The summed E-state index contributed by atoms with van der Waals surface area (Å²) in [7, 11) is 0. The number of nitrogens with zero attached hydrogens (tertiary/aromatic N) is 4. The Balaban J connectivity index is 1.66. The Morgan fingerprint density at radius 3 is 2.96 bits per heavy atom. The lowest BCUT2D eigenvalue weighted by molar-refractivity contribution is 0.268. The summed E-state index contributed by atoms with van der Waals surface area (Å²) in [6.07, 6.45) is 4.42. The van der Waals surface area contributed by atoms with E-state index in [1.165, 1.54) is 11.1 Å². The molecule has 0 unspecified atom stereocenters. The van der Waals surface area contributed by atoms with Crippen LogP contribution in [0.15, 0.2) is 42.7 Å². The van der Waals surface area contributed by atoms with E-state index in [-0.39, 0.29) is 0 Å². The highest BCUT2D eigenvalue weighted by atomic mass is 15.1. The van der Waals surface area contributed by atoms with E-state index in [0.717, 1.165) is 43.1 Å². The van der Waals surface area contributed by atoms with Crippen LogP contribution in [0.2, 0.25) is 0 Å². The molecule has 2 aromatic heterocycles. The third-order valence-corrected chi connectivity index (χ3v) is 4.39. The molecule has 0 fully saturated rings. The van der Waals surface area contributed by atoms with E-state index >= 15 is 0 Å². The number of rotatable bonds is 3. The van der Waals surface area contributed by atoms with Gasteiger partial charge in [0.05, 0.1) is 0 Å². The van der Waals surface area contributed by atoms with Gasteiger partial charge in [-0.15, -0.1) is 0 Å². The quantitative estimate of drug-likeness (QED) is 0.805. The number of aromatic nitrogens is 3. The van der Waals surface area contributed by atoms with Gasteiger partial charge < -0.3 is 5.32 Å². The summed E-state index contributed by atoms with van der Waals surface area (Å²) in [5.41, 5.74) is 5.43. The molecule has 0 amide bonds. The number of hydrogen-bond acceptors (Lipinski definition) is 5. The largest absolute Gasteiger partial charge is 0.340 e. The minimum atomic E-state index is 0.666. The molecule has 1 aliphatic heterocycles. The summed E-state index contributed by atoms with van der Waals surface area (Å²) in [6, 6.07) is 10.4. The van der Waals surface area contributed by atoms with Crippen molar-refractivity contribution in [2.45, 2.75) is 19.9 Å². The van der Waals surface area contributed by atoms with Gasteiger partial charge in [-0.3, -0.25) is 9.88 Å². The highest BCUT2D eigenvalue weighted by Crippen LogP contribution is 2.28. The van der Waals surface area contributed by atoms with Crippen LogP contribution in [0.4, 0.5) is 11.5 Å². The van der Waals surface area contributed by atoms with Crippen LogP contribution in [0.5, 0.6) is 0 Å². The lowest BCUT2D eigenvalue weighted by atomic mass is 9.98. The van der Waals surface area contributed by atoms with Gasteiger partial charge in [-0.05, 0) is 42.3 Å². The molecular formula is C18H19N5. The smallest absolute Gasteiger partial charge is 0.180 e. The summed E-state index contributed by atoms with van der Waals surface area (Å²) < 4.78 is 0. The first kappa shape index (κ1) is 14.1. The van der Waals surface area contributed by atoms with E-state index < -0.39 is 0 Å². The predicted octanol–water partition coefficient (Wildman–Crippen LogP) is 3.15. The van der Waals surface area contributed by atoms with Crippen molar-refractivity contribution in [3.8, 4) is 0 Å². The Morgan fingerprint density at radius 1 is 1.13 bits per heavy atom. The second kappa shape index (κ2) is 5.93. The molecular weight excluding hydrogens is 286 g/mol. The zero-order chi connectivity index (χ0) is 15.6. The van der Waals surface area contributed by atoms with Crippen molar-refractivity contribution < 1.29 is 0 Å². The molecule has 4 rings (SSSR count). The topological polar surface area (TPSA) is 53.9 Å². The van der Waals surface area contributed by atoms with Crippen molar-refractivity contribution in [1.82, 2.24) is 19.9 Å². The third kappa shape index (κ3) is 2.75. The SMILES string of the molecule is CCN1CCc2c(cccc2Nc2ccc3nccnc3n2)C1. The van der Waals surface area contributed by atoms with E-state index in [4.69, 9.17) is 0 Å². The van der Waals surface area contributed by atoms with Gasteiger partial charge >= 0.3 is 0 Å². The Kier molecular flexibility index (Phi) is 3.63. The second-order valence-corrected chi connectivity index (χ2v) is 5.78. The Morgan fingerprint density at radius 2 is 2.04 bits per heavy atom. The van der Waals surface area contributed by atoms with Gasteiger partial charge in [0, 0.05) is 31.2 Å². The van der Waals surface area contributed by atoms with Crippen LogP contribution in [0, 0.1) is 0 Å². The molecule has 1 aliphatic rings. The number of anilines is 2. The summed E-state index contributed by atoms with van der Waals surface area (Å²) in [4.78, 5) is 15.6. The molecule has 3 heterocycles. The van der Waals surface area contributed by atoms with Crippen LogP contribution in [0.1, 0.15) is 18.1 Å². The fourth-order valence-electron chi connectivity index (χ4n) is 3.12. The molecule has 5 heteroatoms. The molecule has 0 spiro atoms. The first-order valence-corrected chi connectivity index (χ1v) is 8.01. The molecule has 116 valence electrons. The molecule has 0 radical (unpaired) electrons.